The van der Waals surface area contributed by atoms with Crippen LogP contribution in [0.1, 0.15) is 15.9 Å². The standard InChI is InChI=1S/C22H19FN9O2Si/c1-35-10-29-21(33)14-8-30-32-18(24)17(11-2-3-15-16(5-11)28-9-27-15)19(31-20(14)32)25-6-12-4-13(23)7-26-22(12)34-35/h2-5,7-9H,6,10,24H2,1H3,(H,25,31)(H,27,28)(H,29,33). The van der Waals surface area contributed by atoms with Gasteiger partial charge >= 0.3 is 0 Å². The van der Waals surface area contributed by atoms with Gasteiger partial charge in [0.15, 0.2) is 5.65 Å². The third kappa shape index (κ3) is 3.61. The average molecular weight is 489 g/mol. The van der Waals surface area contributed by atoms with E-state index in [1.807, 2.05) is 24.7 Å². The van der Waals surface area contributed by atoms with Crippen molar-refractivity contribution in [2.45, 2.75) is 13.1 Å². The number of halogens is 1. The molecule has 0 aliphatic carbocycles. The number of H-pyrrole nitrogens is 1. The lowest BCUT2D eigenvalue weighted by Crippen LogP contribution is -2.37. The summed E-state index contributed by atoms with van der Waals surface area (Å²) in [6.07, 6.45) is 4.46. The molecule has 5 N–H and O–H groups in total. The predicted octanol–water partition coefficient (Wildman–Crippen LogP) is 2.28. The van der Waals surface area contributed by atoms with Gasteiger partial charge in [-0.05, 0) is 30.3 Å². The molecule has 1 aromatic carbocycles. The van der Waals surface area contributed by atoms with Gasteiger partial charge in [-0.3, -0.25) is 4.79 Å². The number of nitrogens with one attached hydrogen (secondary N) is 3. The number of anilines is 2. The molecule has 2 bridgehead atoms. The number of nitrogens with two attached hydrogens (primary N) is 1. The van der Waals surface area contributed by atoms with Crippen molar-refractivity contribution in [2.75, 3.05) is 17.2 Å². The van der Waals surface area contributed by atoms with Crippen LogP contribution in [0.2, 0.25) is 6.55 Å². The van der Waals surface area contributed by atoms with Gasteiger partial charge in [0.05, 0.1) is 35.3 Å². The van der Waals surface area contributed by atoms with Gasteiger partial charge in [-0.2, -0.15) is 9.61 Å². The van der Waals surface area contributed by atoms with Crippen molar-refractivity contribution in [3.05, 3.63) is 59.9 Å². The number of benzene rings is 1. The summed E-state index contributed by atoms with van der Waals surface area (Å²) in [4.78, 5) is 29.1. The minimum atomic E-state index is -1.51. The van der Waals surface area contributed by atoms with Gasteiger partial charge in [-0.25, -0.2) is 19.3 Å². The van der Waals surface area contributed by atoms with Crippen molar-refractivity contribution in [2.24, 2.45) is 0 Å². The Morgan fingerprint density at radius 2 is 2.09 bits per heavy atom. The first-order chi connectivity index (χ1) is 17.0. The van der Waals surface area contributed by atoms with E-state index in [0.29, 0.717) is 40.5 Å². The van der Waals surface area contributed by atoms with Gasteiger partial charge in [0.25, 0.3) is 14.9 Å². The van der Waals surface area contributed by atoms with Crippen molar-refractivity contribution in [3.8, 4) is 17.0 Å². The quantitative estimate of drug-likeness (QED) is 0.263. The Morgan fingerprint density at radius 1 is 1.20 bits per heavy atom. The molecule has 0 atom stereocenters. The van der Waals surface area contributed by atoms with Crippen LogP contribution >= 0.6 is 0 Å². The molecule has 4 aromatic heterocycles. The number of aromatic amines is 1. The topological polar surface area (TPSA) is 148 Å². The van der Waals surface area contributed by atoms with E-state index in [1.165, 1.54) is 16.8 Å². The molecule has 0 saturated carbocycles. The molecular weight excluding hydrogens is 469 g/mol. The highest BCUT2D eigenvalue weighted by Crippen LogP contribution is 2.35. The highest BCUT2D eigenvalue weighted by molar-refractivity contribution is 6.51. The molecule has 5 aromatic rings. The zero-order valence-corrected chi connectivity index (χ0v) is 19.5. The van der Waals surface area contributed by atoms with Crippen molar-refractivity contribution in [3.63, 3.8) is 0 Å². The van der Waals surface area contributed by atoms with Crippen LogP contribution in [-0.2, 0) is 6.54 Å². The first-order valence-electron chi connectivity index (χ1n) is 10.8. The van der Waals surface area contributed by atoms with Crippen LogP contribution in [0, 0.1) is 5.82 Å². The normalized spacial score (nSPS) is 14.5. The lowest BCUT2D eigenvalue weighted by Gasteiger charge is -2.17. The first-order valence-corrected chi connectivity index (χ1v) is 12.9. The molecule has 0 spiro atoms. The van der Waals surface area contributed by atoms with Crippen LogP contribution in [-0.4, -0.2) is 50.7 Å². The summed E-state index contributed by atoms with van der Waals surface area (Å²) in [5, 5.41) is 10.4. The Labute approximate surface area is 199 Å². The monoisotopic (exact) mass is 488 g/mol. The molecular formula is C22H19FN9O2Si. The third-order valence-corrected chi connectivity index (χ3v) is 6.96. The summed E-state index contributed by atoms with van der Waals surface area (Å²) in [6, 6.07) is 7.02. The van der Waals surface area contributed by atoms with Crippen LogP contribution in [0.3, 0.4) is 0 Å². The highest BCUT2D eigenvalue weighted by Gasteiger charge is 2.24. The van der Waals surface area contributed by atoms with Gasteiger partial charge in [0, 0.05) is 18.3 Å². The van der Waals surface area contributed by atoms with Crippen LogP contribution in [0.15, 0.2) is 43.0 Å². The fourth-order valence-corrected chi connectivity index (χ4v) is 5.04. The van der Waals surface area contributed by atoms with Gasteiger partial charge in [0.2, 0.25) is 5.88 Å². The maximum Gasteiger partial charge on any atom is 0.299 e. The number of nitrogens with zero attached hydrogens (tertiary/aromatic N) is 5. The Bertz CT molecular complexity index is 1620. The number of rotatable bonds is 1. The minimum Gasteiger partial charge on any atom is -0.527 e. The second-order valence-electron chi connectivity index (χ2n) is 8.11. The minimum absolute atomic E-state index is 0.169. The number of aromatic nitrogens is 6. The van der Waals surface area contributed by atoms with Crippen LogP contribution in [0.25, 0.3) is 27.8 Å². The maximum atomic E-state index is 14.1. The van der Waals surface area contributed by atoms with Gasteiger partial charge in [0.1, 0.15) is 23.0 Å². The number of fused-ring (bicyclic) bond motifs is 3. The number of carbonyl (C=O) groups is 1. The van der Waals surface area contributed by atoms with E-state index in [4.69, 9.17) is 15.1 Å². The second kappa shape index (κ2) is 8.05. The first kappa shape index (κ1) is 21.0. The summed E-state index contributed by atoms with van der Waals surface area (Å²) in [6.45, 7) is 2.06. The predicted molar refractivity (Wildman–Crippen MR) is 129 cm³/mol. The second-order valence-corrected chi connectivity index (χ2v) is 10.1. The third-order valence-electron chi connectivity index (χ3n) is 5.74. The molecule has 1 radical (unpaired) electrons. The zero-order chi connectivity index (χ0) is 24.1. The van der Waals surface area contributed by atoms with Crippen molar-refractivity contribution < 1.29 is 13.6 Å². The van der Waals surface area contributed by atoms with E-state index in [9.17, 15) is 9.18 Å². The smallest absolute Gasteiger partial charge is 0.299 e. The van der Waals surface area contributed by atoms with Gasteiger partial charge < -0.3 is 25.8 Å². The number of hydrogen-bond donors (Lipinski definition) is 4. The van der Waals surface area contributed by atoms with Crippen molar-refractivity contribution in [1.29, 1.82) is 0 Å². The Hall–Kier alpha value is -4.52. The molecule has 6 rings (SSSR count). The Kier molecular flexibility index (Phi) is 4.84. The van der Waals surface area contributed by atoms with E-state index in [2.05, 4.69) is 30.7 Å². The van der Waals surface area contributed by atoms with E-state index in [-0.39, 0.29) is 18.0 Å². The average Bonchev–Trinajstić information content (AvgIpc) is 3.49. The Balaban J connectivity index is 1.56. The van der Waals surface area contributed by atoms with E-state index >= 15 is 0 Å². The highest BCUT2D eigenvalue weighted by atomic mass is 28.3. The molecule has 1 aliphatic rings. The number of hydrogen-bond acceptors (Lipinski definition) is 8. The molecule has 0 unspecified atom stereocenters. The van der Waals surface area contributed by atoms with Gasteiger partial charge in [-0.1, -0.05) is 6.07 Å². The van der Waals surface area contributed by atoms with E-state index < -0.39 is 14.9 Å². The number of carbonyl (C=O) groups excluding carboxylic acids is 1. The van der Waals surface area contributed by atoms with E-state index in [0.717, 1.165) is 22.8 Å². The lowest BCUT2D eigenvalue weighted by molar-refractivity contribution is 0.0960. The molecule has 0 fully saturated rings. The number of imidazole rings is 1. The maximum absolute atomic E-state index is 14.1. The molecule has 11 nitrogen and oxygen atoms in total. The molecule has 1 aliphatic heterocycles. The Morgan fingerprint density at radius 3 is 2.97 bits per heavy atom. The zero-order valence-electron chi connectivity index (χ0n) is 18.5. The van der Waals surface area contributed by atoms with Crippen molar-refractivity contribution in [1.82, 2.24) is 34.9 Å². The fourth-order valence-electron chi connectivity index (χ4n) is 4.05. The number of amides is 1. The summed E-state index contributed by atoms with van der Waals surface area (Å²) in [5.74, 6) is 0.173. The summed E-state index contributed by atoms with van der Waals surface area (Å²) >= 11 is 0. The van der Waals surface area contributed by atoms with E-state index in [1.54, 1.807) is 6.33 Å². The van der Waals surface area contributed by atoms with Crippen LogP contribution < -0.4 is 20.8 Å². The van der Waals surface area contributed by atoms with Crippen molar-refractivity contribution >= 4 is 43.3 Å². The molecule has 13 heteroatoms. The molecule has 1 amide bonds. The SMILES string of the molecule is C[Si]1CNC(=O)c2cnn3c(N)c(-c4ccc5nc[nH]c5c4)c(nc23)NCc2cc(F)cnc2O1. The molecule has 175 valence electrons. The lowest BCUT2D eigenvalue weighted by atomic mass is 10.1. The molecule has 35 heavy (non-hydrogen) atoms. The number of nitrogen functional groups attached to an aromatic ring is 1. The number of pyridine rings is 1. The van der Waals surface area contributed by atoms with Crippen LogP contribution in [0.5, 0.6) is 5.88 Å². The largest absolute Gasteiger partial charge is 0.527 e. The van der Waals surface area contributed by atoms with Gasteiger partial charge in [-0.15, -0.1) is 0 Å². The summed E-state index contributed by atoms with van der Waals surface area (Å²) in [5.41, 5.74) is 10.6. The summed E-state index contributed by atoms with van der Waals surface area (Å²) < 4.78 is 21.5. The summed E-state index contributed by atoms with van der Waals surface area (Å²) in [7, 11) is -1.51. The van der Waals surface area contributed by atoms with Crippen LogP contribution in [0.4, 0.5) is 16.0 Å². The fraction of sp³-hybridized carbons (Fsp3) is 0.136. The molecule has 0 saturated heterocycles. The molecule has 5 heterocycles.